The number of ether oxygens (including phenoxy) is 1. The van der Waals surface area contributed by atoms with Gasteiger partial charge in [0, 0.05) is 26.0 Å². The first-order valence-electron chi connectivity index (χ1n) is 5.63. The van der Waals surface area contributed by atoms with Crippen molar-refractivity contribution in [1.29, 1.82) is 0 Å². The first-order chi connectivity index (χ1) is 7.77. The highest BCUT2D eigenvalue weighted by molar-refractivity contribution is 5.38. The Morgan fingerprint density at radius 2 is 2.38 bits per heavy atom. The fourth-order valence-corrected chi connectivity index (χ4v) is 1.71. The molecule has 1 aromatic heterocycles. The third-order valence-corrected chi connectivity index (χ3v) is 2.70. The van der Waals surface area contributed by atoms with Crippen LogP contribution in [0.2, 0.25) is 0 Å². The Morgan fingerprint density at radius 3 is 3.00 bits per heavy atom. The van der Waals surface area contributed by atoms with Crippen LogP contribution in [0.3, 0.4) is 0 Å². The summed E-state index contributed by atoms with van der Waals surface area (Å²) in [6.07, 6.45) is 4.78. The van der Waals surface area contributed by atoms with E-state index >= 15 is 0 Å². The zero-order chi connectivity index (χ0) is 11.8. The van der Waals surface area contributed by atoms with Gasteiger partial charge in [-0.2, -0.15) is 0 Å². The number of methoxy groups -OCH3 is 1. The van der Waals surface area contributed by atoms with Gasteiger partial charge in [0.15, 0.2) is 0 Å². The van der Waals surface area contributed by atoms with Gasteiger partial charge in [0.1, 0.15) is 5.82 Å². The smallest absolute Gasteiger partial charge is 0.126 e. The van der Waals surface area contributed by atoms with Crippen LogP contribution in [0.15, 0.2) is 18.3 Å². The molecule has 0 aliphatic rings. The van der Waals surface area contributed by atoms with Crippen molar-refractivity contribution in [3.8, 4) is 0 Å². The maximum Gasteiger partial charge on any atom is 0.126 e. The van der Waals surface area contributed by atoms with E-state index in [1.165, 1.54) is 0 Å². The molecule has 4 nitrogen and oxygen atoms in total. The molecular weight excluding hydrogens is 202 g/mol. The summed E-state index contributed by atoms with van der Waals surface area (Å²) in [5.41, 5.74) is 6.93. The zero-order valence-electron chi connectivity index (χ0n) is 10.1. The summed E-state index contributed by atoms with van der Waals surface area (Å²) in [6, 6.07) is 4.39. The maximum absolute atomic E-state index is 5.81. The van der Waals surface area contributed by atoms with Gasteiger partial charge < -0.3 is 15.8 Å². The molecule has 0 saturated heterocycles. The van der Waals surface area contributed by atoms with Crippen LogP contribution in [0.25, 0.3) is 0 Å². The van der Waals surface area contributed by atoms with E-state index in [0.29, 0.717) is 11.9 Å². The Kier molecular flexibility index (Phi) is 5.82. The summed E-state index contributed by atoms with van der Waals surface area (Å²) < 4.78 is 5.05. The largest absolute Gasteiger partial charge is 0.385 e. The van der Waals surface area contributed by atoms with Crippen molar-refractivity contribution in [2.75, 3.05) is 26.5 Å². The Bertz CT molecular complexity index is 304. The highest BCUT2D eigenvalue weighted by Crippen LogP contribution is 2.12. The van der Waals surface area contributed by atoms with Gasteiger partial charge in [0.2, 0.25) is 0 Å². The summed E-state index contributed by atoms with van der Waals surface area (Å²) in [4.78, 5) is 4.09. The van der Waals surface area contributed by atoms with E-state index in [1.807, 2.05) is 19.2 Å². The van der Waals surface area contributed by atoms with Gasteiger partial charge in [-0.15, -0.1) is 0 Å². The van der Waals surface area contributed by atoms with E-state index in [2.05, 4.69) is 10.3 Å². The lowest BCUT2D eigenvalue weighted by Gasteiger charge is -2.16. The molecule has 1 aromatic rings. The molecule has 1 heterocycles. The Labute approximate surface area is 97.2 Å². The third-order valence-electron chi connectivity index (χ3n) is 2.70. The highest BCUT2D eigenvalue weighted by Gasteiger charge is 2.09. The molecule has 16 heavy (non-hydrogen) atoms. The molecular formula is C12H21N3O. The molecule has 0 aromatic carbocycles. The number of nitrogen functional groups attached to an aromatic ring is 1. The van der Waals surface area contributed by atoms with E-state index in [9.17, 15) is 0 Å². The van der Waals surface area contributed by atoms with Gasteiger partial charge in [0.05, 0.1) is 0 Å². The van der Waals surface area contributed by atoms with Crippen LogP contribution in [0.1, 0.15) is 18.4 Å². The van der Waals surface area contributed by atoms with E-state index in [1.54, 1.807) is 13.3 Å². The normalized spacial score (nSPS) is 12.6. The molecule has 0 amide bonds. The van der Waals surface area contributed by atoms with Crippen LogP contribution >= 0.6 is 0 Å². The lowest BCUT2D eigenvalue weighted by Crippen LogP contribution is -2.28. The summed E-state index contributed by atoms with van der Waals surface area (Å²) in [6.45, 7) is 0.806. The number of anilines is 1. The highest BCUT2D eigenvalue weighted by atomic mass is 16.5. The van der Waals surface area contributed by atoms with Crippen LogP contribution in [0, 0.1) is 0 Å². The number of hydrogen-bond acceptors (Lipinski definition) is 4. The second kappa shape index (κ2) is 7.19. The number of nitrogens with two attached hydrogens (primary N) is 1. The van der Waals surface area contributed by atoms with Crippen molar-refractivity contribution in [3.05, 3.63) is 23.9 Å². The molecule has 4 heteroatoms. The quantitative estimate of drug-likeness (QED) is 0.682. The Morgan fingerprint density at radius 1 is 1.56 bits per heavy atom. The molecule has 1 unspecified atom stereocenters. The number of nitrogens with one attached hydrogen (secondary N) is 1. The molecule has 0 radical (unpaired) electrons. The number of hydrogen-bond donors (Lipinski definition) is 2. The van der Waals surface area contributed by atoms with Crippen LogP contribution in [-0.2, 0) is 11.2 Å². The number of aromatic nitrogens is 1. The average Bonchev–Trinajstić information content (AvgIpc) is 2.30. The van der Waals surface area contributed by atoms with E-state index in [4.69, 9.17) is 10.5 Å². The first kappa shape index (κ1) is 12.9. The molecule has 1 rings (SSSR count). The van der Waals surface area contributed by atoms with Crippen molar-refractivity contribution >= 4 is 5.82 Å². The summed E-state index contributed by atoms with van der Waals surface area (Å²) in [7, 11) is 3.71. The molecule has 0 saturated carbocycles. The second-order valence-electron chi connectivity index (χ2n) is 3.87. The van der Waals surface area contributed by atoms with Crippen LogP contribution in [-0.4, -0.2) is 31.8 Å². The standard InChI is InChI=1S/C12H21N3O/c1-14-11(6-4-8-16-2)9-10-5-3-7-15-12(10)13/h3,5,7,11,14H,4,6,8-9H2,1-2H3,(H2,13,15). The van der Waals surface area contributed by atoms with Crippen LogP contribution in [0.4, 0.5) is 5.82 Å². The summed E-state index contributed by atoms with van der Waals surface area (Å²) in [5, 5.41) is 3.30. The van der Waals surface area contributed by atoms with Gasteiger partial charge in [-0.25, -0.2) is 4.98 Å². The predicted molar refractivity (Wildman–Crippen MR) is 66.3 cm³/mol. The Hall–Kier alpha value is -1.13. The van der Waals surface area contributed by atoms with Crippen molar-refractivity contribution in [2.45, 2.75) is 25.3 Å². The molecule has 0 fully saturated rings. The molecule has 0 aliphatic carbocycles. The zero-order valence-corrected chi connectivity index (χ0v) is 10.1. The predicted octanol–water partition coefficient (Wildman–Crippen LogP) is 1.22. The first-order valence-corrected chi connectivity index (χ1v) is 5.63. The minimum absolute atomic E-state index is 0.432. The fourth-order valence-electron chi connectivity index (χ4n) is 1.71. The van der Waals surface area contributed by atoms with E-state index in [0.717, 1.165) is 31.4 Å². The van der Waals surface area contributed by atoms with Crippen LogP contribution < -0.4 is 11.1 Å². The molecule has 0 aliphatic heterocycles. The lowest BCUT2D eigenvalue weighted by atomic mass is 10.0. The molecule has 1 atom stereocenters. The summed E-state index contributed by atoms with van der Waals surface area (Å²) >= 11 is 0. The molecule has 3 N–H and O–H groups in total. The third kappa shape index (κ3) is 4.16. The number of rotatable bonds is 7. The van der Waals surface area contributed by atoms with Gasteiger partial charge in [-0.1, -0.05) is 6.07 Å². The van der Waals surface area contributed by atoms with E-state index < -0.39 is 0 Å². The molecule has 90 valence electrons. The van der Waals surface area contributed by atoms with Gasteiger partial charge in [-0.05, 0) is 37.9 Å². The SMILES string of the molecule is CNC(CCCOC)Cc1cccnc1N. The monoisotopic (exact) mass is 223 g/mol. The van der Waals surface area contributed by atoms with Gasteiger partial charge in [-0.3, -0.25) is 0 Å². The summed E-state index contributed by atoms with van der Waals surface area (Å²) in [5.74, 6) is 0.634. The van der Waals surface area contributed by atoms with Crippen LogP contribution in [0.5, 0.6) is 0 Å². The molecule has 0 spiro atoms. The minimum atomic E-state index is 0.432. The number of likely N-dealkylation sites (N-methyl/N-ethyl adjacent to an activating group) is 1. The van der Waals surface area contributed by atoms with Crippen molar-refractivity contribution in [3.63, 3.8) is 0 Å². The fraction of sp³-hybridized carbons (Fsp3) is 0.583. The minimum Gasteiger partial charge on any atom is -0.385 e. The maximum atomic E-state index is 5.81. The van der Waals surface area contributed by atoms with Gasteiger partial charge in [0.25, 0.3) is 0 Å². The lowest BCUT2D eigenvalue weighted by molar-refractivity contribution is 0.189. The molecule has 0 bridgehead atoms. The number of pyridine rings is 1. The van der Waals surface area contributed by atoms with Crippen molar-refractivity contribution in [2.24, 2.45) is 0 Å². The van der Waals surface area contributed by atoms with Crippen molar-refractivity contribution in [1.82, 2.24) is 10.3 Å². The van der Waals surface area contributed by atoms with E-state index in [-0.39, 0.29) is 0 Å². The Balaban J connectivity index is 2.46. The topological polar surface area (TPSA) is 60.2 Å². The van der Waals surface area contributed by atoms with Gasteiger partial charge >= 0.3 is 0 Å². The van der Waals surface area contributed by atoms with Crippen molar-refractivity contribution < 1.29 is 4.74 Å². The number of nitrogens with zero attached hydrogens (tertiary/aromatic N) is 1. The second-order valence-corrected chi connectivity index (χ2v) is 3.87. The average molecular weight is 223 g/mol.